The van der Waals surface area contributed by atoms with Gasteiger partial charge in [-0.3, -0.25) is 23.9 Å². The number of likely N-dealkylation sites (tertiary alicyclic amines) is 1. The first-order valence-corrected chi connectivity index (χ1v) is 11.2. The molecule has 2 amide bonds. The lowest BCUT2D eigenvalue weighted by Crippen LogP contribution is -2.41. The number of carbonyl (C=O) groups is 2. The van der Waals surface area contributed by atoms with Crippen LogP contribution in [-0.4, -0.2) is 53.1 Å². The number of carbonyl (C=O) groups excluding carboxylic acids is 2. The minimum Gasteiger partial charge on any atom is -0.383 e. The average Bonchev–Trinajstić information content (AvgIpc) is 2.79. The lowest BCUT2D eigenvalue weighted by Gasteiger charge is -2.25. The van der Waals surface area contributed by atoms with Crippen molar-refractivity contribution in [3.8, 4) is 0 Å². The van der Waals surface area contributed by atoms with E-state index in [0.29, 0.717) is 19.5 Å². The Kier molecular flexibility index (Phi) is 8.82. The number of H-pyrrole nitrogens is 1. The van der Waals surface area contributed by atoms with Gasteiger partial charge in [0.25, 0.3) is 5.56 Å². The summed E-state index contributed by atoms with van der Waals surface area (Å²) in [5.74, 6) is -0.473. The molecule has 0 unspecified atom stereocenters. The lowest BCUT2D eigenvalue weighted by molar-refractivity contribution is -0.135. The second-order valence-corrected chi connectivity index (χ2v) is 7.99. The van der Waals surface area contributed by atoms with Crippen LogP contribution in [0.1, 0.15) is 37.7 Å². The van der Waals surface area contributed by atoms with Crippen LogP contribution in [0.15, 0.2) is 39.9 Å². The summed E-state index contributed by atoms with van der Waals surface area (Å²) in [5, 5.41) is 5.74. The minimum atomic E-state index is -0.653. The molecule has 178 valence electrons. The Bertz CT molecular complexity index is 1060. The maximum atomic E-state index is 12.9. The van der Waals surface area contributed by atoms with Crippen LogP contribution in [0.2, 0.25) is 0 Å². The zero-order chi connectivity index (χ0) is 23.6. The molecule has 1 aliphatic heterocycles. The fourth-order valence-corrected chi connectivity index (χ4v) is 3.77. The highest BCUT2D eigenvalue weighted by Gasteiger charge is 2.22. The van der Waals surface area contributed by atoms with Crippen molar-refractivity contribution in [1.29, 1.82) is 0 Å². The molecule has 10 heteroatoms. The molecule has 0 aliphatic carbocycles. The molecule has 1 aromatic carbocycles. The fraction of sp³-hybridized carbons (Fsp3) is 0.478. The molecule has 0 atom stereocenters. The topological polar surface area (TPSA) is 126 Å². The van der Waals surface area contributed by atoms with Crippen LogP contribution in [0.4, 0.5) is 11.5 Å². The summed E-state index contributed by atoms with van der Waals surface area (Å²) in [6, 6.07) is 9.44. The molecule has 0 bridgehead atoms. The smallest absolute Gasteiger partial charge is 0.330 e. The van der Waals surface area contributed by atoms with Gasteiger partial charge in [-0.05, 0) is 18.4 Å². The van der Waals surface area contributed by atoms with Crippen molar-refractivity contribution in [2.75, 3.05) is 37.4 Å². The van der Waals surface area contributed by atoms with Gasteiger partial charge in [-0.1, -0.05) is 43.2 Å². The molecular weight excluding hydrogens is 426 g/mol. The molecule has 3 N–H and O–H groups in total. The third kappa shape index (κ3) is 6.79. The van der Waals surface area contributed by atoms with Gasteiger partial charge < -0.3 is 20.3 Å². The molecular formula is C23H31N5O5. The summed E-state index contributed by atoms with van der Waals surface area (Å²) >= 11 is 0. The van der Waals surface area contributed by atoms with E-state index in [9.17, 15) is 19.2 Å². The van der Waals surface area contributed by atoms with E-state index in [0.717, 1.165) is 31.2 Å². The van der Waals surface area contributed by atoms with Crippen molar-refractivity contribution in [3.05, 3.63) is 56.7 Å². The molecule has 0 saturated carbocycles. The Balaban J connectivity index is 1.86. The zero-order valence-corrected chi connectivity index (χ0v) is 18.9. The van der Waals surface area contributed by atoms with Gasteiger partial charge in [0.05, 0.1) is 19.7 Å². The Morgan fingerprint density at radius 3 is 2.61 bits per heavy atom. The quantitative estimate of drug-likeness (QED) is 0.524. The summed E-state index contributed by atoms with van der Waals surface area (Å²) in [5.41, 5.74) is -0.292. The van der Waals surface area contributed by atoms with E-state index in [2.05, 4.69) is 15.6 Å². The standard InChI is InChI=1S/C23H31N5O5/c1-33-14-13-28-21(25-18(29)16-27-12-8-3-2-7-11-19(27)30)20(22(31)26-23(28)32)24-15-17-9-5-4-6-10-17/h4-6,9-10,24H,2-3,7-8,11-16H2,1H3,(H,25,29)(H,26,31,32). The van der Waals surface area contributed by atoms with E-state index in [1.807, 2.05) is 30.3 Å². The number of methoxy groups -OCH3 is 1. The maximum Gasteiger partial charge on any atom is 0.330 e. The molecule has 1 aromatic heterocycles. The van der Waals surface area contributed by atoms with Crippen LogP contribution in [0.3, 0.4) is 0 Å². The van der Waals surface area contributed by atoms with E-state index in [1.54, 1.807) is 0 Å². The van der Waals surface area contributed by atoms with Crippen LogP contribution >= 0.6 is 0 Å². The second kappa shape index (κ2) is 12.0. The van der Waals surface area contributed by atoms with Crippen LogP contribution in [-0.2, 0) is 27.4 Å². The Hall–Kier alpha value is -3.40. The third-order valence-corrected chi connectivity index (χ3v) is 5.54. The van der Waals surface area contributed by atoms with E-state index in [1.165, 1.54) is 16.6 Å². The van der Waals surface area contributed by atoms with Crippen molar-refractivity contribution in [3.63, 3.8) is 0 Å². The third-order valence-electron chi connectivity index (χ3n) is 5.54. The monoisotopic (exact) mass is 457 g/mol. The second-order valence-electron chi connectivity index (χ2n) is 7.99. The van der Waals surface area contributed by atoms with Gasteiger partial charge in [0.2, 0.25) is 11.8 Å². The van der Waals surface area contributed by atoms with Gasteiger partial charge >= 0.3 is 5.69 Å². The number of hydrogen-bond donors (Lipinski definition) is 3. The largest absolute Gasteiger partial charge is 0.383 e. The molecule has 33 heavy (non-hydrogen) atoms. The van der Waals surface area contributed by atoms with Gasteiger partial charge in [0.1, 0.15) is 11.5 Å². The highest BCUT2D eigenvalue weighted by molar-refractivity contribution is 5.96. The Labute approximate surface area is 191 Å². The van der Waals surface area contributed by atoms with Gasteiger partial charge in [-0.15, -0.1) is 0 Å². The average molecular weight is 458 g/mol. The van der Waals surface area contributed by atoms with Crippen molar-refractivity contribution >= 4 is 23.3 Å². The Morgan fingerprint density at radius 2 is 1.85 bits per heavy atom. The number of aromatic amines is 1. The number of benzene rings is 1. The molecule has 2 heterocycles. The van der Waals surface area contributed by atoms with E-state index in [-0.39, 0.29) is 37.1 Å². The summed E-state index contributed by atoms with van der Waals surface area (Å²) < 4.78 is 6.34. The number of rotatable bonds is 9. The summed E-state index contributed by atoms with van der Waals surface area (Å²) in [7, 11) is 1.50. The maximum absolute atomic E-state index is 12.9. The van der Waals surface area contributed by atoms with Gasteiger partial charge in [0, 0.05) is 26.6 Å². The SMILES string of the molecule is COCCn1c(NC(=O)CN2CCCCCCC2=O)c(NCc2ccccc2)c(=O)[nH]c1=O. The molecule has 0 radical (unpaired) electrons. The highest BCUT2D eigenvalue weighted by atomic mass is 16.5. The molecule has 10 nitrogen and oxygen atoms in total. The van der Waals surface area contributed by atoms with Crippen LogP contribution in [0.5, 0.6) is 0 Å². The van der Waals surface area contributed by atoms with Gasteiger partial charge in [-0.2, -0.15) is 0 Å². The highest BCUT2D eigenvalue weighted by Crippen LogP contribution is 2.17. The van der Waals surface area contributed by atoms with Crippen LogP contribution in [0, 0.1) is 0 Å². The normalized spacial score (nSPS) is 14.5. The van der Waals surface area contributed by atoms with Crippen molar-refractivity contribution in [2.24, 2.45) is 0 Å². The first-order chi connectivity index (χ1) is 16.0. The molecule has 1 fully saturated rings. The Morgan fingerprint density at radius 1 is 1.09 bits per heavy atom. The number of amides is 2. The number of aromatic nitrogens is 2. The van der Waals surface area contributed by atoms with E-state index >= 15 is 0 Å². The molecule has 3 rings (SSSR count). The molecule has 0 spiro atoms. The summed E-state index contributed by atoms with van der Waals surface area (Å²) in [6.45, 7) is 1.03. The first kappa shape index (κ1) is 24.2. The van der Waals surface area contributed by atoms with Crippen molar-refractivity contribution in [1.82, 2.24) is 14.5 Å². The van der Waals surface area contributed by atoms with E-state index in [4.69, 9.17) is 4.74 Å². The molecule has 2 aromatic rings. The predicted octanol–water partition coefficient (Wildman–Crippen LogP) is 1.53. The fourth-order valence-electron chi connectivity index (χ4n) is 3.77. The molecule has 1 saturated heterocycles. The number of anilines is 2. The lowest BCUT2D eigenvalue weighted by atomic mass is 10.1. The summed E-state index contributed by atoms with van der Waals surface area (Å²) in [6.07, 6.45) is 4.10. The van der Waals surface area contributed by atoms with Crippen LogP contribution < -0.4 is 21.9 Å². The number of nitrogens with zero attached hydrogens (tertiary/aromatic N) is 2. The minimum absolute atomic E-state index is 0.0567. The number of nitrogens with one attached hydrogen (secondary N) is 3. The predicted molar refractivity (Wildman–Crippen MR) is 125 cm³/mol. The first-order valence-electron chi connectivity index (χ1n) is 11.2. The van der Waals surface area contributed by atoms with Crippen LogP contribution in [0.25, 0.3) is 0 Å². The van der Waals surface area contributed by atoms with Gasteiger partial charge in [0.15, 0.2) is 0 Å². The number of ether oxygens (including phenoxy) is 1. The summed E-state index contributed by atoms with van der Waals surface area (Å²) in [4.78, 5) is 54.3. The van der Waals surface area contributed by atoms with E-state index < -0.39 is 17.2 Å². The van der Waals surface area contributed by atoms with Crippen molar-refractivity contribution in [2.45, 2.75) is 45.2 Å². The van der Waals surface area contributed by atoms with Crippen molar-refractivity contribution < 1.29 is 14.3 Å². The number of hydrogen-bond acceptors (Lipinski definition) is 6. The van der Waals surface area contributed by atoms with Gasteiger partial charge in [-0.25, -0.2) is 4.79 Å². The molecule has 1 aliphatic rings. The zero-order valence-electron chi connectivity index (χ0n) is 18.9.